The van der Waals surface area contributed by atoms with E-state index in [0.717, 1.165) is 41.2 Å². The summed E-state index contributed by atoms with van der Waals surface area (Å²) in [4.78, 5) is 0.857. The standard InChI is InChI=1S/C28H38OS/c1-3-5-6-7-8-9-10-13-23-29-27-16-12-11-15-25(27)21-22-28(30)26-19-17-24(14-4-2)18-20-26/h11-12,15-22H,3-10,13-14,23H2,1-2H3. The molecule has 2 heteroatoms. The van der Waals surface area contributed by atoms with Crippen LogP contribution < -0.4 is 4.74 Å². The van der Waals surface area contributed by atoms with Crippen LogP contribution in [0.5, 0.6) is 5.75 Å². The van der Waals surface area contributed by atoms with Crippen LogP contribution in [0.2, 0.25) is 0 Å². The number of allylic oxidation sites excluding steroid dienone is 1. The van der Waals surface area contributed by atoms with Crippen LogP contribution in [-0.4, -0.2) is 11.5 Å². The number of benzene rings is 2. The molecule has 2 aromatic rings. The summed E-state index contributed by atoms with van der Waals surface area (Å²) in [7, 11) is 0. The van der Waals surface area contributed by atoms with Crippen LogP contribution in [0.15, 0.2) is 54.6 Å². The van der Waals surface area contributed by atoms with Crippen LogP contribution in [0.25, 0.3) is 6.08 Å². The third-order valence-corrected chi connectivity index (χ3v) is 5.74. The Kier molecular flexibility index (Phi) is 12.1. The first-order chi connectivity index (χ1) is 14.7. The summed E-state index contributed by atoms with van der Waals surface area (Å²) in [6.45, 7) is 5.25. The van der Waals surface area contributed by atoms with Gasteiger partial charge in [0, 0.05) is 10.4 Å². The lowest BCUT2D eigenvalue weighted by atomic mass is 10.1. The van der Waals surface area contributed by atoms with Gasteiger partial charge in [0.25, 0.3) is 0 Å². The normalized spacial score (nSPS) is 11.1. The molecule has 162 valence electrons. The molecule has 0 aliphatic rings. The molecular formula is C28H38OS. The second-order valence-corrected chi connectivity index (χ2v) is 8.45. The molecule has 0 saturated carbocycles. The van der Waals surface area contributed by atoms with Crippen molar-refractivity contribution in [2.45, 2.75) is 78.1 Å². The monoisotopic (exact) mass is 422 g/mol. The highest BCUT2D eigenvalue weighted by molar-refractivity contribution is 7.81. The molecule has 0 heterocycles. The Balaban J connectivity index is 1.79. The number of unbranched alkanes of at least 4 members (excludes halogenated alkanes) is 7. The van der Waals surface area contributed by atoms with Crippen molar-refractivity contribution in [2.75, 3.05) is 6.61 Å². The Hall–Kier alpha value is -1.93. The molecule has 0 saturated heterocycles. The predicted octanol–water partition coefficient (Wildman–Crippen LogP) is 8.59. The lowest BCUT2D eigenvalue weighted by molar-refractivity contribution is 0.303. The molecule has 0 aromatic heterocycles. The topological polar surface area (TPSA) is 9.23 Å². The summed E-state index contributed by atoms with van der Waals surface area (Å²) in [5.74, 6) is 0.942. The van der Waals surface area contributed by atoms with Crippen LogP contribution in [0, 0.1) is 0 Å². The van der Waals surface area contributed by atoms with Crippen LogP contribution in [0.1, 0.15) is 88.3 Å². The maximum absolute atomic E-state index is 6.07. The summed E-state index contributed by atoms with van der Waals surface area (Å²) in [6.07, 6.45) is 16.9. The summed E-state index contributed by atoms with van der Waals surface area (Å²) in [5.41, 5.74) is 3.55. The molecule has 0 aliphatic heterocycles. The molecule has 30 heavy (non-hydrogen) atoms. The van der Waals surface area contributed by atoms with E-state index in [0.29, 0.717) is 0 Å². The van der Waals surface area contributed by atoms with E-state index in [1.807, 2.05) is 24.3 Å². The van der Waals surface area contributed by atoms with Crippen molar-refractivity contribution in [3.8, 4) is 5.75 Å². The highest BCUT2D eigenvalue weighted by Gasteiger charge is 2.02. The minimum absolute atomic E-state index is 0.781. The Morgan fingerprint density at radius 3 is 2.17 bits per heavy atom. The van der Waals surface area contributed by atoms with Crippen LogP contribution >= 0.6 is 12.2 Å². The fourth-order valence-corrected chi connectivity index (χ4v) is 3.76. The molecule has 1 nitrogen and oxygen atoms in total. The quantitative estimate of drug-likeness (QED) is 0.123. The number of hydrogen-bond donors (Lipinski definition) is 0. The molecule has 0 unspecified atom stereocenters. The molecule has 0 radical (unpaired) electrons. The molecular weight excluding hydrogens is 384 g/mol. The first kappa shape index (κ1) is 24.3. The van der Waals surface area contributed by atoms with Gasteiger partial charge in [-0.05, 0) is 42.2 Å². The molecule has 0 N–H and O–H groups in total. The second kappa shape index (κ2) is 15.0. The molecule has 0 amide bonds. The molecule has 0 atom stereocenters. The second-order valence-electron chi connectivity index (χ2n) is 8.01. The maximum atomic E-state index is 6.07. The number of para-hydroxylation sites is 1. The highest BCUT2D eigenvalue weighted by atomic mass is 32.1. The molecule has 0 spiro atoms. The molecule has 0 bridgehead atoms. The summed E-state index contributed by atoms with van der Waals surface area (Å²) < 4.78 is 6.07. The Bertz CT molecular complexity index is 760. The van der Waals surface area contributed by atoms with E-state index in [2.05, 4.69) is 50.3 Å². The van der Waals surface area contributed by atoms with Gasteiger partial charge in [-0.15, -0.1) is 0 Å². The molecule has 0 fully saturated rings. The van der Waals surface area contributed by atoms with Crippen molar-refractivity contribution < 1.29 is 4.74 Å². The van der Waals surface area contributed by atoms with Gasteiger partial charge in [-0.3, -0.25) is 0 Å². The van der Waals surface area contributed by atoms with Gasteiger partial charge in [-0.25, -0.2) is 0 Å². The lowest BCUT2D eigenvalue weighted by Crippen LogP contribution is -1.99. The largest absolute Gasteiger partial charge is 0.493 e. The Labute approximate surface area is 189 Å². The van der Waals surface area contributed by atoms with Crippen molar-refractivity contribution in [2.24, 2.45) is 0 Å². The van der Waals surface area contributed by atoms with E-state index >= 15 is 0 Å². The summed E-state index contributed by atoms with van der Waals surface area (Å²) in [6, 6.07) is 16.8. The first-order valence-electron chi connectivity index (χ1n) is 11.8. The van der Waals surface area contributed by atoms with Crippen molar-refractivity contribution in [1.29, 1.82) is 0 Å². The highest BCUT2D eigenvalue weighted by Crippen LogP contribution is 2.21. The van der Waals surface area contributed by atoms with E-state index in [-0.39, 0.29) is 0 Å². The first-order valence-corrected chi connectivity index (χ1v) is 12.2. The zero-order chi connectivity index (χ0) is 21.4. The van der Waals surface area contributed by atoms with Crippen molar-refractivity contribution in [3.63, 3.8) is 0 Å². The number of hydrogen-bond acceptors (Lipinski definition) is 2. The van der Waals surface area contributed by atoms with Crippen molar-refractivity contribution >= 4 is 23.2 Å². The van der Waals surface area contributed by atoms with Crippen molar-refractivity contribution in [1.82, 2.24) is 0 Å². The van der Waals surface area contributed by atoms with Crippen molar-refractivity contribution in [3.05, 3.63) is 71.3 Å². The number of rotatable bonds is 15. The fraction of sp³-hybridized carbons (Fsp3) is 0.464. The van der Waals surface area contributed by atoms with Gasteiger partial charge in [0.05, 0.1) is 6.61 Å². The number of ether oxygens (including phenoxy) is 1. The van der Waals surface area contributed by atoms with Crippen LogP contribution in [0.3, 0.4) is 0 Å². The average molecular weight is 423 g/mol. The SMILES string of the molecule is CCCCCCCCCCOc1ccccc1C=CC(=S)c1ccc(CCC)cc1. The summed E-state index contributed by atoms with van der Waals surface area (Å²) >= 11 is 5.62. The van der Waals surface area contributed by atoms with E-state index < -0.39 is 0 Å². The van der Waals surface area contributed by atoms with E-state index in [9.17, 15) is 0 Å². The minimum atomic E-state index is 0.781. The van der Waals surface area contributed by atoms with Gasteiger partial charge < -0.3 is 4.74 Å². The third-order valence-electron chi connectivity index (χ3n) is 5.37. The number of thiocarbonyl (C=S) groups is 1. The minimum Gasteiger partial charge on any atom is -0.493 e. The lowest BCUT2D eigenvalue weighted by Gasteiger charge is -2.09. The van der Waals surface area contributed by atoms with Gasteiger partial charge in [-0.1, -0.05) is 120 Å². The number of aryl methyl sites for hydroxylation is 1. The zero-order valence-electron chi connectivity index (χ0n) is 18.9. The summed E-state index contributed by atoms with van der Waals surface area (Å²) in [5, 5.41) is 0. The predicted molar refractivity (Wildman–Crippen MR) is 136 cm³/mol. The van der Waals surface area contributed by atoms with Gasteiger partial charge in [-0.2, -0.15) is 0 Å². The molecule has 0 aliphatic carbocycles. The van der Waals surface area contributed by atoms with Gasteiger partial charge in [0.1, 0.15) is 5.75 Å². The average Bonchev–Trinajstić information content (AvgIpc) is 2.78. The smallest absolute Gasteiger partial charge is 0.126 e. The zero-order valence-corrected chi connectivity index (χ0v) is 19.7. The van der Waals surface area contributed by atoms with Gasteiger partial charge >= 0.3 is 0 Å². The maximum Gasteiger partial charge on any atom is 0.126 e. The Morgan fingerprint density at radius 2 is 1.47 bits per heavy atom. The van der Waals surface area contributed by atoms with Gasteiger partial charge in [0.15, 0.2) is 0 Å². The van der Waals surface area contributed by atoms with Crippen LogP contribution in [0.4, 0.5) is 0 Å². The van der Waals surface area contributed by atoms with E-state index in [4.69, 9.17) is 17.0 Å². The van der Waals surface area contributed by atoms with Gasteiger partial charge in [0.2, 0.25) is 0 Å². The fourth-order valence-electron chi connectivity index (χ4n) is 3.55. The van der Waals surface area contributed by atoms with Crippen LogP contribution in [-0.2, 0) is 6.42 Å². The van der Waals surface area contributed by atoms with E-state index in [1.54, 1.807) is 0 Å². The Morgan fingerprint density at radius 1 is 0.800 bits per heavy atom. The van der Waals surface area contributed by atoms with E-state index in [1.165, 1.54) is 56.9 Å². The third kappa shape index (κ3) is 9.26. The molecule has 2 aromatic carbocycles. The molecule has 2 rings (SSSR count).